The summed E-state index contributed by atoms with van der Waals surface area (Å²) in [4.78, 5) is 0. The normalized spacial score (nSPS) is 24.8. The van der Waals surface area contributed by atoms with Crippen molar-refractivity contribution in [3.8, 4) is 0 Å². The second-order valence-electron chi connectivity index (χ2n) is 4.16. The van der Waals surface area contributed by atoms with E-state index in [1.165, 1.54) is 34.7 Å². The molecule has 5 heteroatoms. The van der Waals surface area contributed by atoms with Crippen molar-refractivity contribution in [1.82, 2.24) is 9.78 Å². The molecule has 0 unspecified atom stereocenters. The van der Waals surface area contributed by atoms with Gasteiger partial charge in [0.15, 0.2) is 0 Å². The maximum Gasteiger partial charge on any atom is 0.0586 e. The molecule has 1 saturated heterocycles. The summed E-state index contributed by atoms with van der Waals surface area (Å²) in [5.41, 5.74) is 1.24. The van der Waals surface area contributed by atoms with E-state index in [0.717, 1.165) is 19.4 Å². The second-order valence-corrected chi connectivity index (χ2v) is 4.16. The summed E-state index contributed by atoms with van der Waals surface area (Å²) in [6, 6.07) is 0.677. The molecular weight excluding hydrogens is 321 g/mol. The zero-order valence-corrected chi connectivity index (χ0v) is 13.9. The Kier molecular flexibility index (Phi) is 4.99. The fourth-order valence-electron chi connectivity index (χ4n) is 1.92. The molecule has 0 amide bonds. The van der Waals surface area contributed by atoms with Gasteiger partial charge in [0.2, 0.25) is 0 Å². The molecule has 16 heavy (non-hydrogen) atoms. The van der Waals surface area contributed by atoms with Crippen molar-refractivity contribution in [3.05, 3.63) is 24.4 Å². The molecule has 3 rings (SSSR count). The zero-order valence-electron chi connectivity index (χ0n) is 9.31. The number of nitrogens with zero attached hydrogens (tertiary/aromatic N) is 2. The average Bonchev–Trinajstić information content (AvgIpc) is 3.11. The quantitative estimate of drug-likeness (QED) is 0.613. The van der Waals surface area contributed by atoms with Gasteiger partial charge in [0.1, 0.15) is 0 Å². The molecule has 1 aromatic rings. The number of rotatable bonds is 2. The average molecular weight is 337 g/mol. The Morgan fingerprint density at radius 2 is 2.31 bits per heavy atom. The molecule has 3 nitrogen and oxygen atoms in total. The number of aromatic nitrogens is 2. The predicted octanol–water partition coefficient (Wildman–Crippen LogP) is 3.12. The van der Waals surface area contributed by atoms with Gasteiger partial charge >= 0.3 is 30.0 Å². The van der Waals surface area contributed by atoms with Crippen LogP contribution in [0.15, 0.2) is 12.4 Å². The zero-order chi connectivity index (χ0) is 11.4. The van der Waals surface area contributed by atoms with Crippen molar-refractivity contribution in [2.45, 2.75) is 37.8 Å². The standard InChI is InChI=1S/C11H15N2O.BrH.Zn/c1-2-6-14-11(3-1)9-7-12-13(8-9)10-4-5-10;;/h1,7-8,10-11H,2-6H2;1H;/q-1;;+2/p-1/t11-;;/m1../s1. The summed E-state index contributed by atoms with van der Waals surface area (Å²) in [6.07, 6.45) is 11.4. The molecular formula is C11H15BrN2OZn. The summed E-state index contributed by atoms with van der Waals surface area (Å²) in [7, 11) is 0. The van der Waals surface area contributed by atoms with Gasteiger partial charge < -0.3 is 11.2 Å². The predicted molar refractivity (Wildman–Crippen MR) is 61.7 cm³/mol. The summed E-state index contributed by atoms with van der Waals surface area (Å²) in [5.74, 6) is 0. The Hall–Kier alpha value is 0.273. The summed E-state index contributed by atoms with van der Waals surface area (Å²) in [5, 5.41) is 4.38. The van der Waals surface area contributed by atoms with Crippen LogP contribution in [0.25, 0.3) is 0 Å². The van der Waals surface area contributed by atoms with Gasteiger partial charge in [-0.15, -0.1) is 6.42 Å². The molecule has 2 fully saturated rings. The summed E-state index contributed by atoms with van der Waals surface area (Å²) in [6.45, 7) is 0.860. The van der Waals surface area contributed by atoms with Gasteiger partial charge in [-0.25, -0.2) is 0 Å². The van der Waals surface area contributed by atoms with E-state index in [1.807, 2.05) is 6.20 Å². The molecule has 1 aliphatic carbocycles. The van der Waals surface area contributed by atoms with E-state index in [-0.39, 0.29) is 6.10 Å². The number of halogens is 1. The fraction of sp³-hybridized carbons (Fsp3) is 0.636. The minimum atomic E-state index is 0.260. The molecule has 0 aromatic carbocycles. The van der Waals surface area contributed by atoms with Crippen LogP contribution < -0.4 is 0 Å². The fourth-order valence-corrected chi connectivity index (χ4v) is 1.92. The van der Waals surface area contributed by atoms with Crippen LogP contribution in [0.4, 0.5) is 0 Å². The smallest absolute Gasteiger partial charge is 0.0586 e. The largest absolute Gasteiger partial charge is 0.379 e. The maximum atomic E-state index is 5.69. The number of hydrogen-bond acceptors (Lipinski definition) is 2. The molecule has 2 aliphatic rings. The van der Waals surface area contributed by atoms with Gasteiger partial charge in [-0.05, 0) is 12.8 Å². The van der Waals surface area contributed by atoms with Crippen LogP contribution in [0, 0.1) is 6.42 Å². The Labute approximate surface area is 113 Å². The monoisotopic (exact) mass is 334 g/mol. The van der Waals surface area contributed by atoms with E-state index in [0.29, 0.717) is 6.04 Å². The molecule has 2 heterocycles. The first-order valence-corrected chi connectivity index (χ1v) is 12.6. The van der Waals surface area contributed by atoms with Crippen molar-refractivity contribution < 1.29 is 21.1 Å². The van der Waals surface area contributed by atoms with E-state index < -0.39 is 0 Å². The van der Waals surface area contributed by atoms with E-state index >= 15 is 0 Å². The van der Waals surface area contributed by atoms with E-state index in [2.05, 4.69) is 36.0 Å². The topological polar surface area (TPSA) is 27.1 Å². The first-order chi connectivity index (χ1) is 7.93. The molecule has 0 bridgehead atoms. The Morgan fingerprint density at radius 3 is 2.94 bits per heavy atom. The third kappa shape index (κ3) is 3.15. The van der Waals surface area contributed by atoms with Crippen molar-refractivity contribution >= 4 is 13.6 Å². The van der Waals surface area contributed by atoms with Gasteiger partial charge in [-0.1, -0.05) is 0 Å². The van der Waals surface area contributed by atoms with Crippen molar-refractivity contribution in [3.63, 3.8) is 0 Å². The van der Waals surface area contributed by atoms with Crippen LogP contribution in [0.5, 0.6) is 0 Å². The molecule has 0 spiro atoms. The van der Waals surface area contributed by atoms with Gasteiger partial charge in [0.25, 0.3) is 0 Å². The number of hydrogen-bond donors (Lipinski definition) is 0. The SMILES string of the molecule is [Zn+][Br].c1nn(C2CC2)cc1[C@H]1C[CH-]CCO1. The third-order valence-electron chi connectivity index (χ3n) is 2.94. The summed E-state index contributed by atoms with van der Waals surface area (Å²) >= 11 is 4.25. The molecule has 0 N–H and O–H groups in total. The Morgan fingerprint density at radius 1 is 1.50 bits per heavy atom. The molecule has 1 aromatic heterocycles. The van der Waals surface area contributed by atoms with Crippen LogP contribution in [0.1, 0.15) is 43.4 Å². The molecule has 1 aliphatic heterocycles. The van der Waals surface area contributed by atoms with E-state index in [1.54, 1.807) is 0 Å². The Bertz CT molecular complexity index is 322. The second kappa shape index (κ2) is 6.27. The van der Waals surface area contributed by atoms with Crippen molar-refractivity contribution in [1.29, 1.82) is 0 Å². The minimum absolute atomic E-state index is 0.260. The third-order valence-corrected chi connectivity index (χ3v) is 2.94. The van der Waals surface area contributed by atoms with Gasteiger partial charge in [0.05, 0.1) is 18.3 Å². The minimum Gasteiger partial charge on any atom is -0.379 e. The number of ether oxygens (including phenoxy) is 1. The van der Waals surface area contributed by atoms with Crippen LogP contribution in [0.2, 0.25) is 0 Å². The summed E-state index contributed by atoms with van der Waals surface area (Å²) < 4.78 is 7.78. The van der Waals surface area contributed by atoms with Crippen LogP contribution in [-0.2, 0) is 21.1 Å². The van der Waals surface area contributed by atoms with Crippen LogP contribution in [-0.4, -0.2) is 16.4 Å². The van der Waals surface area contributed by atoms with Gasteiger partial charge in [-0.3, -0.25) is 4.68 Å². The Balaban J connectivity index is 0.000000457. The van der Waals surface area contributed by atoms with Crippen molar-refractivity contribution in [2.24, 2.45) is 0 Å². The van der Waals surface area contributed by atoms with E-state index in [4.69, 9.17) is 4.74 Å². The van der Waals surface area contributed by atoms with Gasteiger partial charge in [0, 0.05) is 18.4 Å². The van der Waals surface area contributed by atoms with Crippen LogP contribution >= 0.6 is 13.6 Å². The first-order valence-electron chi connectivity index (χ1n) is 5.67. The molecule has 1 saturated carbocycles. The first kappa shape index (κ1) is 12.7. The van der Waals surface area contributed by atoms with Gasteiger partial charge in [-0.2, -0.15) is 11.5 Å². The maximum absolute atomic E-state index is 5.69. The van der Waals surface area contributed by atoms with E-state index in [9.17, 15) is 0 Å². The molecule has 1 atom stereocenters. The molecule has 84 valence electrons. The van der Waals surface area contributed by atoms with Crippen LogP contribution in [0.3, 0.4) is 0 Å². The molecule has 0 radical (unpaired) electrons. The van der Waals surface area contributed by atoms with Crippen molar-refractivity contribution in [2.75, 3.05) is 6.61 Å².